The highest BCUT2D eigenvalue weighted by Gasteiger charge is 2.39. The van der Waals surface area contributed by atoms with Gasteiger partial charge in [0.05, 0.1) is 12.7 Å². The van der Waals surface area contributed by atoms with E-state index in [1.165, 1.54) is 0 Å². The lowest BCUT2D eigenvalue weighted by molar-refractivity contribution is -0.0877. The first-order chi connectivity index (χ1) is 8.01. The average molecular weight is 236 g/mol. The van der Waals surface area contributed by atoms with Gasteiger partial charge in [-0.15, -0.1) is 0 Å². The van der Waals surface area contributed by atoms with Crippen LogP contribution in [0.5, 0.6) is 5.75 Å². The van der Waals surface area contributed by atoms with Gasteiger partial charge in [-0.2, -0.15) is 0 Å². The molecule has 1 atom stereocenters. The quantitative estimate of drug-likeness (QED) is 0.598. The van der Waals surface area contributed by atoms with Crippen molar-refractivity contribution in [2.75, 3.05) is 6.61 Å². The number of benzene rings is 1. The number of hydrogen-bond acceptors (Lipinski definition) is 4. The highest BCUT2D eigenvalue weighted by Crippen LogP contribution is 2.37. The zero-order valence-corrected chi connectivity index (χ0v) is 10.2. The van der Waals surface area contributed by atoms with Crippen molar-refractivity contribution in [3.63, 3.8) is 0 Å². The second-order valence-corrected chi connectivity index (χ2v) is 4.54. The Morgan fingerprint density at radius 3 is 2.76 bits per heavy atom. The normalized spacial score (nSPS) is 22.9. The van der Waals surface area contributed by atoms with Crippen molar-refractivity contribution in [2.45, 2.75) is 32.5 Å². The van der Waals surface area contributed by atoms with Crippen LogP contribution in [0, 0.1) is 0 Å². The summed E-state index contributed by atoms with van der Waals surface area (Å²) in [7, 11) is 0. The van der Waals surface area contributed by atoms with Crippen molar-refractivity contribution in [3.05, 3.63) is 29.8 Å². The number of carbonyl (C=O) groups is 1. The van der Waals surface area contributed by atoms with Crippen molar-refractivity contribution in [3.8, 4) is 5.75 Å². The maximum absolute atomic E-state index is 11.4. The fourth-order valence-corrected chi connectivity index (χ4v) is 1.77. The van der Waals surface area contributed by atoms with Gasteiger partial charge in [-0.05, 0) is 26.8 Å². The minimum atomic E-state index is -0.782. The molecule has 1 unspecified atom stereocenters. The zero-order valence-electron chi connectivity index (χ0n) is 10.2. The SMILES string of the molecule is CC(C)OCC1(C)OC(=O)Oc2ccccc21. The largest absolute Gasteiger partial charge is 0.514 e. The topological polar surface area (TPSA) is 44.8 Å². The Hall–Kier alpha value is -1.55. The number of hydrogen-bond donors (Lipinski definition) is 0. The summed E-state index contributed by atoms with van der Waals surface area (Å²) in [6, 6.07) is 7.34. The third-order valence-electron chi connectivity index (χ3n) is 2.65. The first-order valence-electron chi connectivity index (χ1n) is 5.63. The third kappa shape index (κ3) is 2.42. The lowest BCUT2D eigenvalue weighted by atomic mass is 9.95. The molecule has 0 saturated heterocycles. The van der Waals surface area contributed by atoms with E-state index in [2.05, 4.69) is 0 Å². The summed E-state index contributed by atoms with van der Waals surface area (Å²) < 4.78 is 15.8. The standard InChI is InChI=1S/C13H16O4/c1-9(2)15-8-13(3)10-6-4-5-7-11(10)16-12(14)17-13/h4-7,9H,8H2,1-3H3. The van der Waals surface area contributed by atoms with Gasteiger partial charge >= 0.3 is 6.16 Å². The molecule has 4 nitrogen and oxygen atoms in total. The molecule has 1 aliphatic rings. The van der Waals surface area contributed by atoms with E-state index in [1.54, 1.807) is 6.07 Å². The zero-order chi connectivity index (χ0) is 12.5. The van der Waals surface area contributed by atoms with E-state index < -0.39 is 11.8 Å². The molecule has 1 heterocycles. The number of ether oxygens (including phenoxy) is 3. The second-order valence-electron chi connectivity index (χ2n) is 4.54. The summed E-state index contributed by atoms with van der Waals surface area (Å²) >= 11 is 0. The molecule has 0 aliphatic carbocycles. The van der Waals surface area contributed by atoms with Gasteiger partial charge in [0.25, 0.3) is 0 Å². The molecule has 1 aromatic carbocycles. The maximum atomic E-state index is 11.4. The summed E-state index contributed by atoms with van der Waals surface area (Å²) in [5.74, 6) is 0.540. The molecule has 2 rings (SSSR count). The van der Waals surface area contributed by atoms with Crippen LogP contribution in [0.25, 0.3) is 0 Å². The molecular weight excluding hydrogens is 220 g/mol. The molecule has 17 heavy (non-hydrogen) atoms. The summed E-state index contributed by atoms with van der Waals surface area (Å²) in [5, 5.41) is 0. The van der Waals surface area contributed by atoms with Crippen molar-refractivity contribution in [2.24, 2.45) is 0 Å². The van der Waals surface area contributed by atoms with E-state index in [-0.39, 0.29) is 6.10 Å². The Bertz CT molecular complexity index is 427. The predicted octanol–water partition coefficient (Wildman–Crippen LogP) is 2.86. The summed E-state index contributed by atoms with van der Waals surface area (Å²) in [4.78, 5) is 11.4. The minimum Gasteiger partial charge on any atom is -0.420 e. The van der Waals surface area contributed by atoms with E-state index in [4.69, 9.17) is 14.2 Å². The van der Waals surface area contributed by atoms with Gasteiger partial charge in [0.1, 0.15) is 5.75 Å². The molecule has 4 heteroatoms. The number of para-hydroxylation sites is 1. The van der Waals surface area contributed by atoms with Gasteiger partial charge in [0.2, 0.25) is 0 Å². The Balaban J connectivity index is 2.30. The molecule has 0 fully saturated rings. The van der Waals surface area contributed by atoms with Crippen LogP contribution in [0.2, 0.25) is 0 Å². The van der Waals surface area contributed by atoms with Gasteiger partial charge in [-0.25, -0.2) is 4.79 Å². The van der Waals surface area contributed by atoms with E-state index in [0.29, 0.717) is 12.4 Å². The molecule has 0 aromatic heterocycles. The third-order valence-corrected chi connectivity index (χ3v) is 2.65. The van der Waals surface area contributed by atoms with Crippen LogP contribution in [0.1, 0.15) is 26.3 Å². The van der Waals surface area contributed by atoms with E-state index in [9.17, 15) is 4.79 Å². The van der Waals surface area contributed by atoms with Gasteiger partial charge in [0, 0.05) is 5.56 Å². The van der Waals surface area contributed by atoms with E-state index in [0.717, 1.165) is 5.56 Å². The number of rotatable bonds is 3. The van der Waals surface area contributed by atoms with Crippen molar-refractivity contribution < 1.29 is 19.0 Å². The van der Waals surface area contributed by atoms with Crippen molar-refractivity contribution in [1.82, 2.24) is 0 Å². The molecule has 0 bridgehead atoms. The lowest BCUT2D eigenvalue weighted by Gasteiger charge is -2.34. The molecular formula is C13H16O4. The first kappa shape index (κ1) is 11.9. The van der Waals surface area contributed by atoms with Crippen molar-refractivity contribution in [1.29, 1.82) is 0 Å². The van der Waals surface area contributed by atoms with Crippen LogP contribution in [-0.4, -0.2) is 18.9 Å². The monoisotopic (exact) mass is 236 g/mol. The Kier molecular flexibility index (Phi) is 3.07. The Morgan fingerprint density at radius 1 is 1.35 bits per heavy atom. The lowest BCUT2D eigenvalue weighted by Crippen LogP contribution is -2.40. The van der Waals surface area contributed by atoms with Gasteiger partial charge in [-0.3, -0.25) is 0 Å². The maximum Gasteiger partial charge on any atom is 0.514 e. The Labute approximate surface area is 100 Å². The summed E-state index contributed by atoms with van der Waals surface area (Å²) in [6.07, 6.45) is -0.598. The molecule has 0 radical (unpaired) electrons. The van der Waals surface area contributed by atoms with Gasteiger partial charge < -0.3 is 14.2 Å². The van der Waals surface area contributed by atoms with Crippen LogP contribution in [-0.2, 0) is 15.1 Å². The molecule has 0 amide bonds. The highest BCUT2D eigenvalue weighted by molar-refractivity contribution is 5.68. The van der Waals surface area contributed by atoms with Crippen LogP contribution >= 0.6 is 0 Å². The Morgan fingerprint density at radius 2 is 2.06 bits per heavy atom. The molecule has 0 saturated carbocycles. The molecule has 1 aromatic rings. The molecule has 92 valence electrons. The van der Waals surface area contributed by atoms with Crippen LogP contribution in [0.3, 0.4) is 0 Å². The van der Waals surface area contributed by atoms with Crippen LogP contribution in [0.15, 0.2) is 24.3 Å². The predicted molar refractivity (Wildman–Crippen MR) is 62.0 cm³/mol. The molecule has 1 aliphatic heterocycles. The number of cyclic esters (lactones) is 1. The second kappa shape index (κ2) is 4.37. The van der Waals surface area contributed by atoms with E-state index >= 15 is 0 Å². The first-order valence-corrected chi connectivity index (χ1v) is 5.63. The van der Waals surface area contributed by atoms with Gasteiger partial charge in [0.15, 0.2) is 5.60 Å². The minimum absolute atomic E-state index is 0.0838. The smallest absolute Gasteiger partial charge is 0.420 e. The van der Waals surface area contributed by atoms with Crippen LogP contribution in [0.4, 0.5) is 4.79 Å². The highest BCUT2D eigenvalue weighted by atomic mass is 16.7. The van der Waals surface area contributed by atoms with Gasteiger partial charge in [-0.1, -0.05) is 18.2 Å². The van der Waals surface area contributed by atoms with E-state index in [1.807, 2.05) is 39.0 Å². The molecule has 0 spiro atoms. The number of fused-ring (bicyclic) bond motifs is 1. The average Bonchev–Trinajstić information content (AvgIpc) is 2.26. The fraction of sp³-hybridized carbons (Fsp3) is 0.462. The summed E-state index contributed by atoms with van der Waals surface area (Å²) in [6.45, 7) is 6.03. The number of carbonyl (C=O) groups excluding carboxylic acids is 1. The van der Waals surface area contributed by atoms with Crippen LogP contribution < -0.4 is 4.74 Å². The molecule has 0 N–H and O–H groups in total. The fourth-order valence-electron chi connectivity index (χ4n) is 1.77. The van der Waals surface area contributed by atoms with Crippen molar-refractivity contribution >= 4 is 6.16 Å². The summed E-state index contributed by atoms with van der Waals surface area (Å²) in [5.41, 5.74) is 0.0520.